The summed E-state index contributed by atoms with van der Waals surface area (Å²) >= 11 is -2.03. The first-order valence-electron chi connectivity index (χ1n) is 13.4. The minimum absolute atomic E-state index is 0.00444. The average Bonchev–Trinajstić information content (AvgIpc) is 3.56. The Bertz CT molecular complexity index is 1050. The number of rotatable bonds is 2. The molecule has 37 heavy (non-hydrogen) atoms. The Labute approximate surface area is 229 Å². The number of fused-ring (bicyclic) bond motifs is 4. The molecule has 202 valence electrons. The monoisotopic (exact) mass is 592 g/mol. The van der Waals surface area contributed by atoms with Crippen molar-refractivity contribution >= 4 is 0 Å². The second-order valence-corrected chi connectivity index (χ2v) is 13.7. The molecular weight excluding hydrogens is 548 g/mol. The molecule has 4 bridgehead atoms. The van der Waals surface area contributed by atoms with Crippen molar-refractivity contribution in [1.82, 2.24) is 9.97 Å². The van der Waals surface area contributed by atoms with Crippen LogP contribution in [0.1, 0.15) is 91.5 Å². The molecular formula is C30H42MoN2O4. The van der Waals surface area contributed by atoms with E-state index in [4.69, 9.17) is 6.80 Å². The first-order valence-corrected chi connectivity index (χ1v) is 15.1. The van der Waals surface area contributed by atoms with Gasteiger partial charge in [-0.3, -0.25) is 9.97 Å². The summed E-state index contributed by atoms with van der Waals surface area (Å²) in [5.41, 5.74) is 0.00616. The zero-order valence-electron chi connectivity index (χ0n) is 23.0. The molecule has 2 aromatic rings. The van der Waals surface area contributed by atoms with Crippen molar-refractivity contribution in [1.29, 1.82) is 0 Å². The standard InChI is InChI=1S/2C15H21NO.Mo.2O/c2*1-13(2)11-7-8-14(3,10-11)15(13,17)12-6-4-5-9-16-12;;;/h2*4-6,9,11,17H,7-8,10H2,1-3H3;;;/t2*11-,14+,15-;;;/m00.../s1. The van der Waals surface area contributed by atoms with Gasteiger partial charge in [0.25, 0.3) is 0 Å². The van der Waals surface area contributed by atoms with Crippen molar-refractivity contribution in [2.45, 2.75) is 91.3 Å². The van der Waals surface area contributed by atoms with Crippen LogP contribution in [0.15, 0.2) is 48.8 Å². The molecule has 0 aliphatic heterocycles. The Morgan fingerprint density at radius 3 is 1.30 bits per heavy atom. The fraction of sp³-hybridized carbons (Fsp3) is 0.667. The summed E-state index contributed by atoms with van der Waals surface area (Å²) in [6.45, 7) is 13.3. The van der Waals surface area contributed by atoms with Gasteiger partial charge in [0.1, 0.15) is 11.2 Å². The molecule has 4 fully saturated rings. The Morgan fingerprint density at radius 2 is 1.05 bits per heavy atom. The van der Waals surface area contributed by atoms with Gasteiger partial charge in [0.15, 0.2) is 0 Å². The zero-order valence-corrected chi connectivity index (χ0v) is 25.0. The molecule has 0 spiro atoms. The van der Waals surface area contributed by atoms with E-state index >= 15 is 0 Å². The molecule has 6 rings (SSSR count). The van der Waals surface area contributed by atoms with Crippen molar-refractivity contribution in [3.05, 3.63) is 60.2 Å². The van der Waals surface area contributed by atoms with E-state index in [1.165, 1.54) is 12.8 Å². The van der Waals surface area contributed by atoms with E-state index < -0.39 is 29.7 Å². The molecule has 7 heteroatoms. The maximum absolute atomic E-state index is 11.4. The quantitative estimate of drug-likeness (QED) is 0.417. The number of nitrogens with zero attached hydrogens (tertiary/aromatic N) is 2. The number of hydrogen-bond acceptors (Lipinski definition) is 6. The van der Waals surface area contributed by atoms with Gasteiger partial charge in [0, 0.05) is 34.1 Å². The number of aliphatic hydroxyl groups is 2. The molecule has 6 nitrogen and oxygen atoms in total. The topological polar surface area (TPSA) is 100 Å². The Hall–Kier alpha value is -1.49. The van der Waals surface area contributed by atoms with Gasteiger partial charge in [0.2, 0.25) is 0 Å². The van der Waals surface area contributed by atoms with Crippen molar-refractivity contribution in [3.63, 3.8) is 0 Å². The molecule has 2 heterocycles. The molecule has 0 aromatic carbocycles. The Morgan fingerprint density at radius 1 is 0.703 bits per heavy atom. The van der Waals surface area contributed by atoms with Gasteiger partial charge in [-0.1, -0.05) is 53.7 Å². The van der Waals surface area contributed by atoms with Gasteiger partial charge in [-0.2, -0.15) is 0 Å². The summed E-state index contributed by atoms with van der Waals surface area (Å²) in [4.78, 5) is 8.88. The zero-order chi connectivity index (χ0) is 27.3. The first kappa shape index (κ1) is 28.5. The fourth-order valence-electron chi connectivity index (χ4n) is 8.95. The molecule has 4 aliphatic rings. The summed E-state index contributed by atoms with van der Waals surface area (Å²) in [7, 11) is 0. The molecule has 0 unspecified atom stereocenters. The van der Waals surface area contributed by atoms with E-state index in [9.17, 15) is 10.2 Å². The molecule has 2 aromatic heterocycles. The Kier molecular flexibility index (Phi) is 7.40. The SMILES string of the molecule is CC1(C)[C@H]2CC[C@](C)(C2)[C@]1(O)c1ccccn1.CC1(C)[C@H]2CC[C@](C)(C2)[C@]1(O)c1ccccn1.[O]=[Mo]=[O]. The average molecular weight is 591 g/mol. The summed E-state index contributed by atoms with van der Waals surface area (Å²) in [5.74, 6) is 1.25. The van der Waals surface area contributed by atoms with Gasteiger partial charge < -0.3 is 10.2 Å². The van der Waals surface area contributed by atoms with Crippen LogP contribution >= 0.6 is 0 Å². The third-order valence-corrected chi connectivity index (χ3v) is 11.2. The predicted molar refractivity (Wildman–Crippen MR) is 136 cm³/mol. The second kappa shape index (κ2) is 9.61. The van der Waals surface area contributed by atoms with Gasteiger partial charge in [-0.05, 0) is 74.6 Å². The van der Waals surface area contributed by atoms with E-state index in [0.717, 1.165) is 37.1 Å². The van der Waals surface area contributed by atoms with Crippen LogP contribution in [0.3, 0.4) is 0 Å². The maximum atomic E-state index is 11.4. The predicted octanol–water partition coefficient (Wildman–Crippen LogP) is 5.99. The number of aromatic nitrogens is 2. The van der Waals surface area contributed by atoms with Crippen molar-refractivity contribution in [2.75, 3.05) is 0 Å². The van der Waals surface area contributed by atoms with Crippen molar-refractivity contribution < 1.29 is 35.5 Å². The van der Waals surface area contributed by atoms with Gasteiger partial charge in [-0.15, -0.1) is 0 Å². The normalized spacial score (nSPS) is 39.8. The molecule has 4 aliphatic carbocycles. The van der Waals surface area contributed by atoms with Crippen LogP contribution in [-0.2, 0) is 36.5 Å². The molecule has 4 saturated carbocycles. The summed E-state index contributed by atoms with van der Waals surface area (Å²) < 4.78 is 17.0. The van der Waals surface area contributed by atoms with Gasteiger partial charge in [0.05, 0.1) is 11.4 Å². The molecule has 2 N–H and O–H groups in total. The number of pyridine rings is 2. The summed E-state index contributed by atoms with van der Waals surface area (Å²) in [5, 5.41) is 22.8. The van der Waals surface area contributed by atoms with E-state index in [1.807, 2.05) is 36.4 Å². The van der Waals surface area contributed by atoms with Crippen LogP contribution in [-0.4, -0.2) is 20.2 Å². The second-order valence-electron chi connectivity index (χ2n) is 13.4. The van der Waals surface area contributed by atoms with E-state index in [-0.39, 0.29) is 21.7 Å². The van der Waals surface area contributed by atoms with Crippen LogP contribution in [0, 0.1) is 33.5 Å². The van der Waals surface area contributed by atoms with Crippen LogP contribution < -0.4 is 0 Å². The third-order valence-electron chi connectivity index (χ3n) is 11.2. The van der Waals surface area contributed by atoms with E-state index in [1.54, 1.807) is 12.4 Å². The van der Waals surface area contributed by atoms with Gasteiger partial charge >= 0.3 is 25.3 Å². The minimum atomic E-state index is -2.03. The molecule has 6 atom stereocenters. The van der Waals surface area contributed by atoms with Gasteiger partial charge in [-0.25, -0.2) is 0 Å². The molecule has 0 radical (unpaired) electrons. The van der Waals surface area contributed by atoms with Crippen molar-refractivity contribution in [3.8, 4) is 0 Å². The van der Waals surface area contributed by atoms with Crippen LogP contribution in [0.25, 0.3) is 0 Å². The van der Waals surface area contributed by atoms with Crippen LogP contribution in [0.5, 0.6) is 0 Å². The summed E-state index contributed by atoms with van der Waals surface area (Å²) in [6, 6.07) is 11.7. The molecule has 0 saturated heterocycles. The van der Waals surface area contributed by atoms with E-state index in [0.29, 0.717) is 11.8 Å². The fourth-order valence-corrected chi connectivity index (χ4v) is 8.95. The van der Waals surface area contributed by atoms with Crippen molar-refractivity contribution in [2.24, 2.45) is 33.5 Å². The summed E-state index contributed by atoms with van der Waals surface area (Å²) in [6.07, 6.45) is 10.6. The number of hydrogen-bond donors (Lipinski definition) is 2. The first-order chi connectivity index (χ1) is 17.2. The third kappa shape index (κ3) is 3.92. The van der Waals surface area contributed by atoms with E-state index in [2.05, 4.69) is 51.5 Å². The Balaban J connectivity index is 0.000000157. The van der Waals surface area contributed by atoms with Crippen LogP contribution in [0.2, 0.25) is 0 Å². The molecule has 0 amide bonds. The van der Waals surface area contributed by atoms with Crippen LogP contribution in [0.4, 0.5) is 0 Å².